The summed E-state index contributed by atoms with van der Waals surface area (Å²) in [5, 5.41) is 9.78. The van der Waals surface area contributed by atoms with Gasteiger partial charge in [0.05, 0.1) is 12.3 Å². The number of nitrogens with zero attached hydrogens (tertiary/aromatic N) is 1. The van der Waals surface area contributed by atoms with Crippen molar-refractivity contribution in [3.05, 3.63) is 86.4 Å². The van der Waals surface area contributed by atoms with Gasteiger partial charge < -0.3 is 15.1 Å². The largest absolute Gasteiger partial charge is 0.459 e. The number of aromatic nitrogens is 1. The second-order valence-corrected chi connectivity index (χ2v) is 9.78. The molecule has 5 nitrogen and oxygen atoms in total. The number of pyridine rings is 1. The standard InChI is InChI=1S/C24H23N3O2S2/c1-15-10-11-25-20(14-15)26-22(19-9-5-13-30-19)21-16-6-2-3-8-18(16)31-24(21)27-23(28)17-7-4-12-29-17/h4-5,7,9-14,22H,2-3,6,8H2,1H3,(H,25,26)(H,27,28)/t22-/m0/s1. The number of carbonyl (C=O) groups is 1. The number of rotatable bonds is 6. The maximum absolute atomic E-state index is 12.8. The summed E-state index contributed by atoms with van der Waals surface area (Å²) in [7, 11) is 0. The van der Waals surface area contributed by atoms with Gasteiger partial charge in [-0.1, -0.05) is 6.07 Å². The molecule has 7 heteroatoms. The molecule has 0 aliphatic heterocycles. The first-order chi connectivity index (χ1) is 15.2. The zero-order valence-corrected chi connectivity index (χ0v) is 18.8. The van der Waals surface area contributed by atoms with Crippen molar-refractivity contribution >= 4 is 39.4 Å². The molecule has 31 heavy (non-hydrogen) atoms. The average molecular weight is 450 g/mol. The zero-order chi connectivity index (χ0) is 21.2. The Morgan fingerprint density at radius 3 is 2.87 bits per heavy atom. The molecule has 0 saturated carbocycles. The lowest BCUT2D eigenvalue weighted by Crippen LogP contribution is -2.18. The minimum Gasteiger partial charge on any atom is -0.459 e. The van der Waals surface area contributed by atoms with Crippen LogP contribution in [0.4, 0.5) is 10.8 Å². The van der Waals surface area contributed by atoms with Crippen molar-refractivity contribution in [3.8, 4) is 0 Å². The fourth-order valence-electron chi connectivity index (χ4n) is 4.07. The molecule has 4 aromatic heterocycles. The monoisotopic (exact) mass is 449 g/mol. The van der Waals surface area contributed by atoms with E-state index in [2.05, 4.69) is 46.1 Å². The number of hydrogen-bond donors (Lipinski definition) is 2. The summed E-state index contributed by atoms with van der Waals surface area (Å²) in [5.41, 5.74) is 3.68. The van der Waals surface area contributed by atoms with Crippen molar-refractivity contribution in [2.24, 2.45) is 0 Å². The lowest BCUT2D eigenvalue weighted by atomic mass is 9.91. The van der Waals surface area contributed by atoms with E-state index in [0.29, 0.717) is 5.76 Å². The number of furan rings is 1. The first-order valence-electron chi connectivity index (χ1n) is 10.4. The molecular weight excluding hydrogens is 426 g/mol. The van der Waals surface area contributed by atoms with E-state index in [1.165, 1.54) is 34.4 Å². The van der Waals surface area contributed by atoms with E-state index in [4.69, 9.17) is 4.42 Å². The molecule has 0 aromatic carbocycles. The van der Waals surface area contributed by atoms with E-state index >= 15 is 0 Å². The summed E-state index contributed by atoms with van der Waals surface area (Å²) < 4.78 is 5.32. The second-order valence-electron chi connectivity index (χ2n) is 7.70. The predicted octanol–water partition coefficient (Wildman–Crippen LogP) is 6.44. The number of hydrogen-bond acceptors (Lipinski definition) is 6. The fourth-order valence-corrected chi connectivity index (χ4v) is 6.17. The Kier molecular flexibility index (Phi) is 5.61. The van der Waals surface area contributed by atoms with E-state index < -0.39 is 0 Å². The van der Waals surface area contributed by atoms with Crippen LogP contribution in [-0.2, 0) is 12.8 Å². The van der Waals surface area contributed by atoms with E-state index in [0.717, 1.165) is 34.8 Å². The van der Waals surface area contributed by atoms with Crippen molar-refractivity contribution in [3.63, 3.8) is 0 Å². The third kappa shape index (κ3) is 4.16. The first-order valence-corrected chi connectivity index (χ1v) is 12.1. The second kappa shape index (κ2) is 8.69. The summed E-state index contributed by atoms with van der Waals surface area (Å²) in [6.45, 7) is 2.06. The number of carbonyl (C=O) groups excluding carboxylic acids is 1. The molecule has 1 aliphatic rings. The van der Waals surface area contributed by atoms with Gasteiger partial charge in [0.2, 0.25) is 0 Å². The van der Waals surface area contributed by atoms with Crippen molar-refractivity contribution in [1.29, 1.82) is 0 Å². The molecule has 158 valence electrons. The van der Waals surface area contributed by atoms with Crippen LogP contribution in [-0.4, -0.2) is 10.9 Å². The summed E-state index contributed by atoms with van der Waals surface area (Å²) in [6, 6.07) is 11.6. The molecule has 1 atom stereocenters. The number of aryl methyl sites for hydroxylation is 2. The average Bonchev–Trinajstić information content (AvgIpc) is 3.53. The molecule has 4 aromatic rings. The molecule has 0 spiro atoms. The third-order valence-corrected chi connectivity index (χ3v) is 7.67. The Bertz CT molecular complexity index is 1180. The Balaban J connectivity index is 1.59. The molecule has 0 fully saturated rings. The molecule has 4 heterocycles. The molecule has 5 rings (SSSR count). The van der Waals surface area contributed by atoms with E-state index in [1.54, 1.807) is 34.8 Å². The highest BCUT2D eigenvalue weighted by Gasteiger charge is 2.29. The summed E-state index contributed by atoms with van der Waals surface area (Å²) in [6.07, 6.45) is 7.80. The molecule has 2 N–H and O–H groups in total. The fraction of sp³-hybridized carbons (Fsp3) is 0.250. The van der Waals surface area contributed by atoms with Gasteiger partial charge in [-0.05, 0) is 79.4 Å². The van der Waals surface area contributed by atoms with Gasteiger partial charge in [0.25, 0.3) is 5.91 Å². The Labute approximate surface area is 189 Å². The highest BCUT2D eigenvalue weighted by molar-refractivity contribution is 7.16. The van der Waals surface area contributed by atoms with Crippen molar-refractivity contribution in [1.82, 2.24) is 4.98 Å². The Morgan fingerprint density at radius 2 is 2.10 bits per heavy atom. The number of amides is 1. The lowest BCUT2D eigenvalue weighted by molar-refractivity contribution is 0.0997. The van der Waals surface area contributed by atoms with Gasteiger partial charge in [0.15, 0.2) is 5.76 Å². The van der Waals surface area contributed by atoms with Gasteiger partial charge >= 0.3 is 0 Å². The normalized spacial score (nSPS) is 14.1. The number of nitrogens with one attached hydrogen (secondary N) is 2. The maximum Gasteiger partial charge on any atom is 0.291 e. The SMILES string of the molecule is Cc1ccnc(N[C@@H](c2cccs2)c2c(NC(=O)c3ccco3)sc3c2CCCC3)c1. The minimum absolute atomic E-state index is 0.0840. The highest BCUT2D eigenvalue weighted by Crippen LogP contribution is 2.45. The van der Waals surface area contributed by atoms with Crippen molar-refractivity contribution < 1.29 is 9.21 Å². The molecule has 0 saturated heterocycles. The van der Waals surface area contributed by atoms with Crippen LogP contribution < -0.4 is 10.6 Å². The third-order valence-electron chi connectivity index (χ3n) is 5.51. The molecule has 0 unspecified atom stereocenters. The van der Waals surface area contributed by atoms with Crippen LogP contribution in [0, 0.1) is 6.92 Å². The van der Waals surface area contributed by atoms with Crippen molar-refractivity contribution in [2.75, 3.05) is 10.6 Å². The molecule has 0 bridgehead atoms. The molecular formula is C24H23N3O2S2. The van der Waals surface area contributed by atoms with Crippen LogP contribution in [0.1, 0.15) is 55.9 Å². The number of thiophene rings is 2. The molecule has 0 radical (unpaired) electrons. The summed E-state index contributed by atoms with van der Waals surface area (Å²) >= 11 is 3.41. The molecule has 1 amide bonds. The summed E-state index contributed by atoms with van der Waals surface area (Å²) in [4.78, 5) is 19.9. The van der Waals surface area contributed by atoms with Crippen molar-refractivity contribution in [2.45, 2.75) is 38.6 Å². The van der Waals surface area contributed by atoms with E-state index in [9.17, 15) is 4.79 Å². The van der Waals surface area contributed by atoms with E-state index in [-0.39, 0.29) is 11.9 Å². The van der Waals surface area contributed by atoms with Crippen LogP contribution in [0.15, 0.2) is 58.7 Å². The quantitative estimate of drug-likeness (QED) is 0.355. The van der Waals surface area contributed by atoms with Gasteiger partial charge in [0.1, 0.15) is 10.8 Å². The van der Waals surface area contributed by atoms with E-state index in [1.807, 2.05) is 12.3 Å². The highest BCUT2D eigenvalue weighted by atomic mass is 32.1. The van der Waals surface area contributed by atoms with Gasteiger partial charge in [-0.15, -0.1) is 22.7 Å². The van der Waals surface area contributed by atoms with Gasteiger partial charge in [-0.2, -0.15) is 0 Å². The predicted molar refractivity (Wildman–Crippen MR) is 126 cm³/mol. The molecule has 1 aliphatic carbocycles. The zero-order valence-electron chi connectivity index (χ0n) is 17.2. The first kappa shape index (κ1) is 20.0. The lowest BCUT2D eigenvalue weighted by Gasteiger charge is -2.23. The van der Waals surface area contributed by atoms with Crippen LogP contribution in [0.2, 0.25) is 0 Å². The summed E-state index contributed by atoms with van der Waals surface area (Å²) in [5.74, 6) is 0.930. The number of anilines is 2. The smallest absolute Gasteiger partial charge is 0.291 e. The van der Waals surface area contributed by atoms with Gasteiger partial charge in [-0.25, -0.2) is 4.98 Å². The van der Waals surface area contributed by atoms with Crippen LogP contribution in [0.25, 0.3) is 0 Å². The number of fused-ring (bicyclic) bond motifs is 1. The van der Waals surface area contributed by atoms with Crippen LogP contribution >= 0.6 is 22.7 Å². The van der Waals surface area contributed by atoms with Crippen LogP contribution in [0.3, 0.4) is 0 Å². The Morgan fingerprint density at radius 1 is 1.19 bits per heavy atom. The topological polar surface area (TPSA) is 67.2 Å². The Hall–Kier alpha value is -2.90. The minimum atomic E-state index is -0.219. The van der Waals surface area contributed by atoms with Crippen LogP contribution in [0.5, 0.6) is 0 Å². The maximum atomic E-state index is 12.8. The van der Waals surface area contributed by atoms with Gasteiger partial charge in [0, 0.05) is 21.5 Å². The van der Waals surface area contributed by atoms with Gasteiger partial charge in [-0.3, -0.25) is 4.79 Å².